The van der Waals surface area contributed by atoms with Crippen molar-refractivity contribution in [3.05, 3.63) is 34.9 Å². The zero-order valence-electron chi connectivity index (χ0n) is 14.3. The highest BCUT2D eigenvalue weighted by Gasteiger charge is 2.20. The standard InChI is InChI=1S/C20H33N/c1-4-17-12-13-19(15-18(17)5-2)20(21-6-3)14-16-10-8-7-9-11-16/h12-13,15-16,20-21H,4-11,14H2,1-3H3. The van der Waals surface area contributed by atoms with E-state index in [4.69, 9.17) is 0 Å². The van der Waals surface area contributed by atoms with Crippen LogP contribution in [-0.2, 0) is 12.8 Å². The molecule has 1 unspecified atom stereocenters. The van der Waals surface area contributed by atoms with Crippen LogP contribution in [0, 0.1) is 5.92 Å². The van der Waals surface area contributed by atoms with E-state index in [-0.39, 0.29) is 0 Å². The van der Waals surface area contributed by atoms with Crippen molar-refractivity contribution in [2.75, 3.05) is 6.54 Å². The lowest BCUT2D eigenvalue weighted by Crippen LogP contribution is -2.24. The van der Waals surface area contributed by atoms with Gasteiger partial charge in [-0.25, -0.2) is 0 Å². The Kier molecular flexibility index (Phi) is 6.76. The molecule has 0 spiro atoms. The quantitative estimate of drug-likeness (QED) is 0.705. The molecule has 0 amide bonds. The number of rotatable bonds is 7. The van der Waals surface area contributed by atoms with Gasteiger partial charge in [-0.05, 0) is 48.4 Å². The summed E-state index contributed by atoms with van der Waals surface area (Å²) in [5.41, 5.74) is 4.58. The summed E-state index contributed by atoms with van der Waals surface area (Å²) in [5.74, 6) is 0.929. The van der Waals surface area contributed by atoms with Crippen molar-refractivity contribution >= 4 is 0 Å². The average molecular weight is 287 g/mol. The maximum Gasteiger partial charge on any atom is 0.0322 e. The predicted octanol–water partition coefficient (Wildman–Crippen LogP) is 5.43. The third-order valence-corrected chi connectivity index (χ3v) is 5.14. The largest absolute Gasteiger partial charge is 0.310 e. The van der Waals surface area contributed by atoms with Gasteiger partial charge in [-0.3, -0.25) is 0 Å². The van der Waals surface area contributed by atoms with Gasteiger partial charge >= 0.3 is 0 Å². The van der Waals surface area contributed by atoms with E-state index in [0.717, 1.165) is 25.3 Å². The number of hydrogen-bond acceptors (Lipinski definition) is 1. The molecule has 1 aliphatic carbocycles. The molecule has 118 valence electrons. The molecule has 0 saturated heterocycles. The summed E-state index contributed by atoms with van der Waals surface area (Å²) < 4.78 is 0. The molecule has 0 aromatic heterocycles. The first-order chi connectivity index (χ1) is 10.3. The van der Waals surface area contributed by atoms with Crippen molar-refractivity contribution in [1.29, 1.82) is 0 Å². The molecule has 1 aromatic carbocycles. The zero-order valence-corrected chi connectivity index (χ0v) is 14.3. The smallest absolute Gasteiger partial charge is 0.0322 e. The van der Waals surface area contributed by atoms with E-state index in [9.17, 15) is 0 Å². The molecular weight excluding hydrogens is 254 g/mol. The Labute approximate surface area is 131 Å². The van der Waals surface area contributed by atoms with E-state index in [0.29, 0.717) is 6.04 Å². The van der Waals surface area contributed by atoms with Gasteiger partial charge in [0.15, 0.2) is 0 Å². The predicted molar refractivity (Wildman–Crippen MR) is 92.8 cm³/mol. The lowest BCUT2D eigenvalue weighted by Gasteiger charge is -2.28. The van der Waals surface area contributed by atoms with Gasteiger partial charge in [0.05, 0.1) is 0 Å². The molecule has 1 atom stereocenters. The fraction of sp³-hybridized carbons (Fsp3) is 0.700. The summed E-state index contributed by atoms with van der Waals surface area (Å²) in [5, 5.41) is 3.73. The van der Waals surface area contributed by atoms with Crippen LogP contribution in [0.15, 0.2) is 18.2 Å². The SMILES string of the molecule is CCNC(CC1CCCCC1)c1ccc(CC)c(CC)c1. The second-order valence-electron chi connectivity index (χ2n) is 6.59. The summed E-state index contributed by atoms with van der Waals surface area (Å²) in [6, 6.07) is 7.75. The molecule has 2 rings (SSSR count). The molecular formula is C20H33N. The van der Waals surface area contributed by atoms with Crippen LogP contribution in [0.5, 0.6) is 0 Å². The first-order valence-corrected chi connectivity index (χ1v) is 9.13. The van der Waals surface area contributed by atoms with E-state index in [2.05, 4.69) is 44.3 Å². The van der Waals surface area contributed by atoms with Gasteiger partial charge in [0.2, 0.25) is 0 Å². The molecule has 1 N–H and O–H groups in total. The fourth-order valence-electron chi connectivity index (χ4n) is 3.88. The lowest BCUT2D eigenvalue weighted by atomic mass is 9.83. The average Bonchev–Trinajstić information content (AvgIpc) is 2.54. The van der Waals surface area contributed by atoms with E-state index >= 15 is 0 Å². The number of aryl methyl sites for hydroxylation is 2. The summed E-state index contributed by atoms with van der Waals surface area (Å²) >= 11 is 0. The van der Waals surface area contributed by atoms with Crippen LogP contribution >= 0.6 is 0 Å². The normalized spacial score (nSPS) is 17.9. The molecule has 1 nitrogen and oxygen atoms in total. The Hall–Kier alpha value is -0.820. The highest BCUT2D eigenvalue weighted by atomic mass is 14.9. The van der Waals surface area contributed by atoms with Crippen LogP contribution in [0.2, 0.25) is 0 Å². The van der Waals surface area contributed by atoms with Crippen molar-refractivity contribution in [3.63, 3.8) is 0 Å². The molecule has 1 heteroatoms. The first-order valence-electron chi connectivity index (χ1n) is 9.13. The summed E-state index contributed by atoms with van der Waals surface area (Å²) in [7, 11) is 0. The van der Waals surface area contributed by atoms with E-state index in [1.54, 1.807) is 5.56 Å². The Morgan fingerprint density at radius 1 is 1.00 bits per heavy atom. The van der Waals surface area contributed by atoms with Gasteiger partial charge in [-0.15, -0.1) is 0 Å². The van der Waals surface area contributed by atoms with Gasteiger partial charge in [-0.1, -0.05) is 71.1 Å². The van der Waals surface area contributed by atoms with Gasteiger partial charge in [0.25, 0.3) is 0 Å². The third-order valence-electron chi connectivity index (χ3n) is 5.14. The zero-order chi connectivity index (χ0) is 15.1. The topological polar surface area (TPSA) is 12.0 Å². The second kappa shape index (κ2) is 8.58. The Balaban J connectivity index is 2.12. The Morgan fingerprint density at radius 2 is 1.71 bits per heavy atom. The van der Waals surface area contributed by atoms with Crippen molar-refractivity contribution in [2.45, 2.75) is 78.2 Å². The molecule has 1 fully saturated rings. The molecule has 21 heavy (non-hydrogen) atoms. The van der Waals surface area contributed by atoms with Crippen LogP contribution < -0.4 is 5.32 Å². The molecule has 0 radical (unpaired) electrons. The monoisotopic (exact) mass is 287 g/mol. The maximum atomic E-state index is 3.73. The van der Waals surface area contributed by atoms with E-state index in [1.807, 2.05) is 0 Å². The molecule has 1 saturated carbocycles. The highest BCUT2D eigenvalue weighted by Crippen LogP contribution is 2.32. The minimum Gasteiger partial charge on any atom is -0.310 e. The second-order valence-corrected chi connectivity index (χ2v) is 6.59. The minimum absolute atomic E-state index is 0.550. The molecule has 1 aromatic rings. The van der Waals surface area contributed by atoms with Gasteiger partial charge in [-0.2, -0.15) is 0 Å². The van der Waals surface area contributed by atoms with Gasteiger partial charge in [0.1, 0.15) is 0 Å². The van der Waals surface area contributed by atoms with Crippen LogP contribution in [0.3, 0.4) is 0 Å². The summed E-state index contributed by atoms with van der Waals surface area (Å²) in [6.07, 6.45) is 10.8. The Bertz CT molecular complexity index is 418. The fourth-order valence-corrected chi connectivity index (χ4v) is 3.88. The molecule has 0 bridgehead atoms. The molecule has 0 aliphatic heterocycles. The van der Waals surface area contributed by atoms with E-state index < -0.39 is 0 Å². The van der Waals surface area contributed by atoms with Gasteiger partial charge < -0.3 is 5.32 Å². The summed E-state index contributed by atoms with van der Waals surface area (Å²) in [6.45, 7) is 7.84. The summed E-state index contributed by atoms with van der Waals surface area (Å²) in [4.78, 5) is 0. The number of hydrogen-bond donors (Lipinski definition) is 1. The van der Waals surface area contributed by atoms with Crippen molar-refractivity contribution in [3.8, 4) is 0 Å². The van der Waals surface area contributed by atoms with Crippen LogP contribution in [0.4, 0.5) is 0 Å². The number of benzene rings is 1. The van der Waals surface area contributed by atoms with Crippen molar-refractivity contribution < 1.29 is 0 Å². The van der Waals surface area contributed by atoms with Crippen molar-refractivity contribution in [1.82, 2.24) is 5.32 Å². The lowest BCUT2D eigenvalue weighted by molar-refractivity contribution is 0.301. The number of nitrogens with one attached hydrogen (secondary N) is 1. The highest BCUT2D eigenvalue weighted by molar-refractivity contribution is 5.33. The Morgan fingerprint density at radius 3 is 2.33 bits per heavy atom. The maximum absolute atomic E-state index is 3.73. The van der Waals surface area contributed by atoms with Gasteiger partial charge in [0, 0.05) is 6.04 Å². The third kappa shape index (κ3) is 4.57. The van der Waals surface area contributed by atoms with Crippen LogP contribution in [-0.4, -0.2) is 6.54 Å². The molecule has 0 heterocycles. The van der Waals surface area contributed by atoms with Crippen LogP contribution in [0.25, 0.3) is 0 Å². The van der Waals surface area contributed by atoms with Crippen molar-refractivity contribution in [2.24, 2.45) is 5.92 Å². The first kappa shape index (κ1) is 16.5. The minimum atomic E-state index is 0.550. The van der Waals surface area contributed by atoms with Crippen LogP contribution in [0.1, 0.15) is 82.0 Å². The molecule has 1 aliphatic rings. The van der Waals surface area contributed by atoms with E-state index in [1.165, 1.54) is 49.7 Å².